The Morgan fingerprint density at radius 1 is 1.00 bits per heavy atom. The molecule has 5 heteroatoms. The lowest BCUT2D eigenvalue weighted by Crippen LogP contribution is -2.26. The zero-order chi connectivity index (χ0) is 17.5. The van der Waals surface area contributed by atoms with Gasteiger partial charge in [-0.05, 0) is 41.8 Å². The van der Waals surface area contributed by atoms with E-state index < -0.39 is 0 Å². The summed E-state index contributed by atoms with van der Waals surface area (Å²) in [4.78, 5) is 13.9. The fourth-order valence-corrected chi connectivity index (χ4v) is 2.43. The smallest absolute Gasteiger partial charge is 0.222 e. The van der Waals surface area contributed by atoms with Crippen molar-refractivity contribution in [2.75, 3.05) is 21.3 Å². The average molecular weight is 331 g/mol. The summed E-state index contributed by atoms with van der Waals surface area (Å²) >= 11 is 0. The Labute approximate surface area is 141 Å². The fourth-order valence-electron chi connectivity index (χ4n) is 2.43. The number of ether oxygens (including phenoxy) is 2. The first-order valence-electron chi connectivity index (χ1n) is 7.72. The third-order valence-electron chi connectivity index (χ3n) is 3.83. The quantitative estimate of drug-likeness (QED) is 0.780. The van der Waals surface area contributed by atoms with Crippen LogP contribution < -0.4 is 9.47 Å². The maximum absolute atomic E-state index is 12.9. The van der Waals surface area contributed by atoms with E-state index in [1.807, 2.05) is 18.2 Å². The van der Waals surface area contributed by atoms with Gasteiger partial charge in [-0.3, -0.25) is 4.79 Å². The predicted octanol–water partition coefficient (Wildman–Crippen LogP) is 3.43. The van der Waals surface area contributed by atoms with Crippen molar-refractivity contribution in [3.63, 3.8) is 0 Å². The number of aryl methyl sites for hydroxylation is 1. The van der Waals surface area contributed by atoms with Crippen LogP contribution in [-0.2, 0) is 17.8 Å². The molecule has 2 aromatic carbocycles. The van der Waals surface area contributed by atoms with Crippen molar-refractivity contribution in [3.05, 3.63) is 59.4 Å². The third kappa shape index (κ3) is 4.72. The van der Waals surface area contributed by atoms with Crippen molar-refractivity contribution < 1.29 is 18.7 Å². The van der Waals surface area contributed by atoms with Gasteiger partial charge in [0.15, 0.2) is 11.5 Å². The Kier molecular flexibility index (Phi) is 6.18. The van der Waals surface area contributed by atoms with Gasteiger partial charge in [0.25, 0.3) is 0 Å². The molecule has 0 aliphatic carbocycles. The molecule has 0 bridgehead atoms. The van der Waals surface area contributed by atoms with Crippen molar-refractivity contribution in [2.45, 2.75) is 19.4 Å². The zero-order valence-corrected chi connectivity index (χ0v) is 14.2. The zero-order valence-electron chi connectivity index (χ0n) is 14.2. The van der Waals surface area contributed by atoms with E-state index >= 15 is 0 Å². The number of hydrogen-bond donors (Lipinski definition) is 0. The molecular weight excluding hydrogens is 309 g/mol. The van der Waals surface area contributed by atoms with Crippen LogP contribution in [0, 0.1) is 5.82 Å². The van der Waals surface area contributed by atoms with Crippen LogP contribution in [0.1, 0.15) is 17.5 Å². The molecule has 1 amide bonds. The summed E-state index contributed by atoms with van der Waals surface area (Å²) in [6.45, 7) is 0.463. The van der Waals surface area contributed by atoms with E-state index in [-0.39, 0.29) is 11.7 Å². The lowest BCUT2D eigenvalue weighted by atomic mass is 10.1. The number of hydrogen-bond acceptors (Lipinski definition) is 3. The van der Waals surface area contributed by atoms with Crippen LogP contribution >= 0.6 is 0 Å². The minimum Gasteiger partial charge on any atom is -0.493 e. The second kappa shape index (κ2) is 8.34. The van der Waals surface area contributed by atoms with Gasteiger partial charge in [-0.2, -0.15) is 0 Å². The van der Waals surface area contributed by atoms with Crippen LogP contribution in [0.15, 0.2) is 42.5 Å². The molecule has 2 aromatic rings. The summed E-state index contributed by atoms with van der Waals surface area (Å²) in [5.41, 5.74) is 1.91. The standard InChI is InChI=1S/C19H22FNO3/c1-21(13-15-4-8-16(20)9-5-15)19(22)11-7-14-6-10-17(23-2)18(12-14)24-3/h4-6,8-10,12H,7,11,13H2,1-3H3. The van der Waals surface area contributed by atoms with E-state index in [1.165, 1.54) is 12.1 Å². The number of carbonyl (C=O) groups excluding carboxylic acids is 1. The fraction of sp³-hybridized carbons (Fsp3) is 0.316. The Morgan fingerprint density at radius 3 is 2.25 bits per heavy atom. The van der Waals surface area contributed by atoms with Gasteiger partial charge in [0, 0.05) is 20.0 Å². The highest BCUT2D eigenvalue weighted by atomic mass is 19.1. The lowest BCUT2D eigenvalue weighted by Gasteiger charge is -2.17. The van der Waals surface area contributed by atoms with Crippen molar-refractivity contribution >= 4 is 5.91 Å². The second-order valence-corrected chi connectivity index (χ2v) is 5.57. The molecule has 0 aliphatic rings. The van der Waals surface area contributed by atoms with Crippen LogP contribution in [-0.4, -0.2) is 32.1 Å². The Hall–Kier alpha value is -2.56. The number of amides is 1. The number of carbonyl (C=O) groups is 1. The molecule has 24 heavy (non-hydrogen) atoms. The van der Waals surface area contributed by atoms with Gasteiger partial charge in [0.05, 0.1) is 14.2 Å². The molecule has 0 saturated heterocycles. The lowest BCUT2D eigenvalue weighted by molar-refractivity contribution is -0.130. The van der Waals surface area contributed by atoms with Gasteiger partial charge in [0.2, 0.25) is 5.91 Å². The van der Waals surface area contributed by atoms with Crippen molar-refractivity contribution in [2.24, 2.45) is 0 Å². The maximum Gasteiger partial charge on any atom is 0.222 e. The van der Waals surface area contributed by atoms with E-state index in [4.69, 9.17) is 9.47 Å². The van der Waals surface area contributed by atoms with E-state index in [2.05, 4.69) is 0 Å². The molecule has 0 unspecified atom stereocenters. The summed E-state index contributed by atoms with van der Waals surface area (Å²) in [5, 5.41) is 0. The Morgan fingerprint density at radius 2 is 1.62 bits per heavy atom. The van der Waals surface area contributed by atoms with Crippen molar-refractivity contribution in [3.8, 4) is 11.5 Å². The van der Waals surface area contributed by atoms with Gasteiger partial charge < -0.3 is 14.4 Å². The first-order valence-corrected chi connectivity index (χ1v) is 7.72. The summed E-state index contributed by atoms with van der Waals surface area (Å²) in [6.07, 6.45) is 1.01. The molecule has 0 heterocycles. The van der Waals surface area contributed by atoms with Crippen LogP contribution in [0.3, 0.4) is 0 Å². The van der Waals surface area contributed by atoms with E-state index in [0.717, 1.165) is 11.1 Å². The molecule has 0 atom stereocenters. The van der Waals surface area contributed by atoms with Crippen molar-refractivity contribution in [1.82, 2.24) is 4.90 Å². The highest BCUT2D eigenvalue weighted by Crippen LogP contribution is 2.28. The minimum absolute atomic E-state index is 0.0362. The van der Waals surface area contributed by atoms with Crippen LogP contribution in [0.2, 0.25) is 0 Å². The monoisotopic (exact) mass is 331 g/mol. The normalized spacial score (nSPS) is 10.3. The highest BCUT2D eigenvalue weighted by molar-refractivity contribution is 5.76. The second-order valence-electron chi connectivity index (χ2n) is 5.57. The molecule has 0 radical (unpaired) electrons. The van der Waals surface area contributed by atoms with Gasteiger partial charge >= 0.3 is 0 Å². The van der Waals surface area contributed by atoms with Gasteiger partial charge in [0.1, 0.15) is 5.82 Å². The molecule has 0 saturated carbocycles. The summed E-state index contributed by atoms with van der Waals surface area (Å²) in [7, 11) is 4.93. The molecular formula is C19H22FNO3. The summed E-state index contributed by atoms with van der Waals surface area (Å²) in [5.74, 6) is 1.08. The first kappa shape index (κ1) is 17.8. The summed E-state index contributed by atoms with van der Waals surface area (Å²) < 4.78 is 23.4. The number of nitrogens with zero attached hydrogens (tertiary/aromatic N) is 1. The average Bonchev–Trinajstić information content (AvgIpc) is 2.61. The summed E-state index contributed by atoms with van der Waals surface area (Å²) in [6, 6.07) is 11.8. The maximum atomic E-state index is 12.9. The molecule has 0 aromatic heterocycles. The number of benzene rings is 2. The highest BCUT2D eigenvalue weighted by Gasteiger charge is 2.11. The number of halogens is 1. The Balaban J connectivity index is 1.91. The van der Waals surface area contributed by atoms with Crippen LogP contribution in [0.25, 0.3) is 0 Å². The van der Waals surface area contributed by atoms with Gasteiger partial charge in [-0.25, -0.2) is 4.39 Å². The predicted molar refractivity (Wildman–Crippen MR) is 90.7 cm³/mol. The van der Waals surface area contributed by atoms with E-state index in [0.29, 0.717) is 30.9 Å². The molecule has 0 fully saturated rings. The topological polar surface area (TPSA) is 38.8 Å². The molecule has 0 N–H and O–H groups in total. The molecule has 0 aliphatic heterocycles. The van der Waals surface area contributed by atoms with Crippen molar-refractivity contribution in [1.29, 1.82) is 0 Å². The Bertz CT molecular complexity index is 686. The molecule has 4 nitrogen and oxygen atoms in total. The minimum atomic E-state index is -0.277. The molecule has 128 valence electrons. The van der Waals surface area contributed by atoms with E-state index in [9.17, 15) is 9.18 Å². The first-order chi connectivity index (χ1) is 11.5. The molecule has 2 rings (SSSR count). The molecule has 0 spiro atoms. The number of rotatable bonds is 7. The van der Waals surface area contributed by atoms with Gasteiger partial charge in [-0.15, -0.1) is 0 Å². The van der Waals surface area contributed by atoms with Crippen LogP contribution in [0.5, 0.6) is 11.5 Å². The number of methoxy groups -OCH3 is 2. The largest absolute Gasteiger partial charge is 0.493 e. The van der Waals surface area contributed by atoms with Crippen LogP contribution in [0.4, 0.5) is 4.39 Å². The van der Waals surface area contributed by atoms with E-state index in [1.54, 1.807) is 38.3 Å². The third-order valence-corrected chi connectivity index (χ3v) is 3.83. The SMILES string of the molecule is COc1ccc(CCC(=O)N(C)Cc2ccc(F)cc2)cc1OC. The van der Waals surface area contributed by atoms with Gasteiger partial charge in [-0.1, -0.05) is 18.2 Å².